The van der Waals surface area contributed by atoms with Gasteiger partial charge >= 0.3 is 6.03 Å². The van der Waals surface area contributed by atoms with Crippen molar-refractivity contribution in [3.05, 3.63) is 53.6 Å². The Labute approximate surface area is 167 Å². The van der Waals surface area contributed by atoms with Crippen LogP contribution in [-0.4, -0.2) is 38.7 Å². The van der Waals surface area contributed by atoms with Gasteiger partial charge in [0, 0.05) is 11.6 Å². The Bertz CT molecular complexity index is 998. The first-order valence-electron chi connectivity index (χ1n) is 8.85. The number of imide groups is 2. The molecule has 1 aliphatic rings. The molecule has 0 unspecified atom stereocenters. The molecule has 2 aromatic carbocycles. The highest BCUT2D eigenvalue weighted by Crippen LogP contribution is 2.32. The van der Waals surface area contributed by atoms with Crippen molar-refractivity contribution in [2.24, 2.45) is 0 Å². The second-order valence-electron chi connectivity index (χ2n) is 5.97. The molecule has 1 saturated heterocycles. The third-order valence-electron chi connectivity index (χ3n) is 4.25. The molecule has 3 rings (SSSR count). The summed E-state index contributed by atoms with van der Waals surface area (Å²) in [6.07, 6.45) is 1.37. The molecule has 1 N–H and O–H groups in total. The molecule has 0 radical (unpaired) electrons. The first-order valence-corrected chi connectivity index (χ1v) is 8.85. The van der Waals surface area contributed by atoms with Gasteiger partial charge in [0.2, 0.25) is 0 Å². The Hall–Kier alpha value is -3.81. The lowest BCUT2D eigenvalue weighted by Crippen LogP contribution is -2.54. The van der Waals surface area contributed by atoms with E-state index in [1.807, 2.05) is 0 Å². The molecule has 29 heavy (non-hydrogen) atoms. The maximum atomic E-state index is 13.1. The number of methoxy groups -OCH3 is 2. The minimum Gasteiger partial charge on any atom is -0.497 e. The van der Waals surface area contributed by atoms with Gasteiger partial charge in [-0.25, -0.2) is 9.69 Å². The number of nitrogens with zero attached hydrogens (tertiary/aromatic N) is 1. The summed E-state index contributed by atoms with van der Waals surface area (Å²) in [5.74, 6) is -0.220. The van der Waals surface area contributed by atoms with Crippen LogP contribution in [0.5, 0.6) is 17.2 Å². The van der Waals surface area contributed by atoms with Gasteiger partial charge in [-0.15, -0.1) is 0 Å². The third kappa shape index (κ3) is 3.91. The molecular weight excluding hydrogens is 376 g/mol. The fraction of sp³-hybridized carbons (Fsp3) is 0.190. The summed E-state index contributed by atoms with van der Waals surface area (Å²) in [5.41, 5.74) is 0.524. The first kappa shape index (κ1) is 19.9. The number of nitrogens with one attached hydrogen (secondary N) is 1. The van der Waals surface area contributed by atoms with E-state index in [1.165, 1.54) is 20.3 Å². The minimum absolute atomic E-state index is 0.209. The molecule has 0 saturated carbocycles. The average molecular weight is 396 g/mol. The SMILES string of the molecule is CCOc1ccccc1N1C(=O)NC(=O)/C(=C\c2ccc(OC)cc2OC)C1=O. The van der Waals surface area contributed by atoms with E-state index < -0.39 is 17.8 Å². The molecule has 8 nitrogen and oxygen atoms in total. The van der Waals surface area contributed by atoms with Crippen LogP contribution in [0.2, 0.25) is 0 Å². The lowest BCUT2D eigenvalue weighted by molar-refractivity contribution is -0.122. The van der Waals surface area contributed by atoms with E-state index in [4.69, 9.17) is 14.2 Å². The summed E-state index contributed by atoms with van der Waals surface area (Å²) in [5, 5.41) is 2.20. The number of barbiturate groups is 1. The molecule has 1 fully saturated rings. The number of amides is 4. The molecule has 1 aliphatic heterocycles. The van der Waals surface area contributed by atoms with Crippen molar-refractivity contribution in [1.29, 1.82) is 0 Å². The van der Waals surface area contributed by atoms with Gasteiger partial charge in [-0.2, -0.15) is 0 Å². The largest absolute Gasteiger partial charge is 0.497 e. The number of carbonyl (C=O) groups is 3. The maximum absolute atomic E-state index is 13.1. The first-order chi connectivity index (χ1) is 14.0. The number of benzene rings is 2. The molecule has 4 amide bonds. The van der Waals surface area contributed by atoms with Crippen molar-refractivity contribution < 1.29 is 28.6 Å². The topological polar surface area (TPSA) is 94.2 Å². The van der Waals surface area contributed by atoms with Crippen molar-refractivity contribution in [1.82, 2.24) is 5.32 Å². The van der Waals surface area contributed by atoms with Crippen molar-refractivity contribution in [3.63, 3.8) is 0 Å². The Morgan fingerprint density at radius 3 is 2.45 bits per heavy atom. The van der Waals surface area contributed by atoms with E-state index >= 15 is 0 Å². The molecule has 150 valence electrons. The lowest BCUT2D eigenvalue weighted by Gasteiger charge is -2.27. The second kappa shape index (κ2) is 8.47. The zero-order valence-corrected chi connectivity index (χ0v) is 16.2. The molecule has 1 heterocycles. The van der Waals surface area contributed by atoms with Crippen LogP contribution in [0.25, 0.3) is 6.08 Å². The van der Waals surface area contributed by atoms with Gasteiger partial charge in [-0.05, 0) is 37.3 Å². The number of carbonyl (C=O) groups excluding carboxylic acids is 3. The number of hydrogen-bond donors (Lipinski definition) is 1. The molecule has 0 atom stereocenters. The molecule has 2 aromatic rings. The summed E-state index contributed by atoms with van der Waals surface area (Å²) >= 11 is 0. The van der Waals surface area contributed by atoms with Crippen LogP contribution in [0.4, 0.5) is 10.5 Å². The van der Waals surface area contributed by atoms with Crippen molar-refractivity contribution in [3.8, 4) is 17.2 Å². The third-order valence-corrected chi connectivity index (χ3v) is 4.25. The minimum atomic E-state index is -0.842. The molecule has 0 bridgehead atoms. The fourth-order valence-corrected chi connectivity index (χ4v) is 2.89. The highest BCUT2D eigenvalue weighted by Gasteiger charge is 2.38. The molecular formula is C21H20N2O6. The van der Waals surface area contributed by atoms with Crippen LogP contribution in [0.1, 0.15) is 12.5 Å². The predicted molar refractivity (Wildman–Crippen MR) is 106 cm³/mol. The number of hydrogen-bond acceptors (Lipinski definition) is 6. The van der Waals surface area contributed by atoms with Crippen molar-refractivity contribution >= 4 is 29.6 Å². The van der Waals surface area contributed by atoms with Gasteiger partial charge in [0.05, 0.1) is 26.5 Å². The molecule has 0 aromatic heterocycles. The predicted octanol–water partition coefficient (Wildman–Crippen LogP) is 2.77. The van der Waals surface area contributed by atoms with Crippen molar-refractivity contribution in [2.75, 3.05) is 25.7 Å². The number of ether oxygens (including phenoxy) is 3. The van der Waals surface area contributed by atoms with Gasteiger partial charge in [0.15, 0.2) is 0 Å². The highest BCUT2D eigenvalue weighted by molar-refractivity contribution is 6.39. The fourth-order valence-electron chi connectivity index (χ4n) is 2.89. The van der Waals surface area contributed by atoms with Crippen LogP contribution in [0.3, 0.4) is 0 Å². The van der Waals surface area contributed by atoms with E-state index in [0.717, 1.165) is 4.90 Å². The van der Waals surface area contributed by atoms with Gasteiger partial charge < -0.3 is 14.2 Å². The number of anilines is 1. The second-order valence-corrected chi connectivity index (χ2v) is 5.97. The summed E-state index contributed by atoms with van der Waals surface area (Å²) in [4.78, 5) is 38.8. The van der Waals surface area contributed by atoms with Crippen LogP contribution in [0, 0.1) is 0 Å². The molecule has 8 heteroatoms. The number of para-hydroxylation sites is 2. The number of urea groups is 1. The van der Waals surface area contributed by atoms with E-state index in [-0.39, 0.29) is 11.3 Å². The van der Waals surface area contributed by atoms with Crippen LogP contribution < -0.4 is 24.4 Å². The monoisotopic (exact) mass is 396 g/mol. The normalized spacial score (nSPS) is 15.3. The maximum Gasteiger partial charge on any atom is 0.336 e. The van der Waals surface area contributed by atoms with E-state index in [1.54, 1.807) is 49.4 Å². The average Bonchev–Trinajstić information content (AvgIpc) is 2.72. The standard InChI is InChI=1S/C21H20N2O6/c1-4-29-17-8-6-5-7-16(17)23-20(25)15(19(24)22-21(23)26)11-13-9-10-14(27-2)12-18(13)28-3/h5-12H,4H2,1-3H3,(H,22,24,26)/b15-11+. The smallest absolute Gasteiger partial charge is 0.336 e. The number of rotatable bonds is 6. The van der Waals surface area contributed by atoms with Crippen LogP contribution in [-0.2, 0) is 9.59 Å². The summed E-state index contributed by atoms with van der Waals surface area (Å²) < 4.78 is 16.0. The van der Waals surface area contributed by atoms with Gasteiger partial charge in [0.25, 0.3) is 11.8 Å². The van der Waals surface area contributed by atoms with Crippen molar-refractivity contribution in [2.45, 2.75) is 6.92 Å². The van der Waals surface area contributed by atoms with Gasteiger partial charge in [-0.3, -0.25) is 14.9 Å². The zero-order valence-electron chi connectivity index (χ0n) is 16.2. The molecule has 0 aliphatic carbocycles. The quantitative estimate of drug-likeness (QED) is 0.596. The van der Waals surface area contributed by atoms with Crippen LogP contribution >= 0.6 is 0 Å². The highest BCUT2D eigenvalue weighted by atomic mass is 16.5. The van der Waals surface area contributed by atoms with E-state index in [9.17, 15) is 14.4 Å². The summed E-state index contributed by atoms with van der Waals surface area (Å²) in [6.45, 7) is 2.14. The van der Waals surface area contributed by atoms with Gasteiger partial charge in [0.1, 0.15) is 22.8 Å². The Morgan fingerprint density at radius 2 is 1.76 bits per heavy atom. The zero-order chi connectivity index (χ0) is 21.0. The van der Waals surface area contributed by atoms with E-state index in [0.29, 0.717) is 29.4 Å². The Balaban J connectivity index is 2.06. The summed E-state index contributed by atoms with van der Waals surface area (Å²) in [6, 6.07) is 10.7. The summed E-state index contributed by atoms with van der Waals surface area (Å²) in [7, 11) is 2.98. The molecule has 0 spiro atoms. The van der Waals surface area contributed by atoms with Crippen LogP contribution in [0.15, 0.2) is 48.0 Å². The van der Waals surface area contributed by atoms with Gasteiger partial charge in [-0.1, -0.05) is 12.1 Å². The Morgan fingerprint density at radius 1 is 1.00 bits per heavy atom. The van der Waals surface area contributed by atoms with E-state index in [2.05, 4.69) is 5.32 Å². The lowest BCUT2D eigenvalue weighted by atomic mass is 10.1. The Kier molecular flexibility index (Phi) is 5.82.